The molecule has 6 heteroatoms. The molecule has 0 saturated heterocycles. The summed E-state index contributed by atoms with van der Waals surface area (Å²) in [4.78, 5) is 24.3. The third-order valence-electron chi connectivity index (χ3n) is 8.65. The summed E-state index contributed by atoms with van der Waals surface area (Å²) in [6, 6.07) is 0. The summed E-state index contributed by atoms with van der Waals surface area (Å²) in [6.45, 7) is 3.46. The Balaban J connectivity index is 0.00000140. The number of carbonyl (C=O) groups excluding carboxylic acids is 2. The fraction of sp³-hybridized carbons (Fsp3) is 0.810. The van der Waals surface area contributed by atoms with Crippen LogP contribution >= 0.6 is 0 Å². The van der Waals surface area contributed by atoms with Gasteiger partial charge in [-0.1, -0.05) is 19.4 Å². The Hall–Kier alpha value is -0.274. The molecule has 0 unspecified atom stereocenters. The van der Waals surface area contributed by atoms with Crippen molar-refractivity contribution >= 4 is 34.6 Å². The summed E-state index contributed by atoms with van der Waals surface area (Å²) in [7, 11) is 0. The van der Waals surface area contributed by atoms with Crippen LogP contribution in [0, 0.1) is 28.6 Å². The van der Waals surface area contributed by atoms with Crippen LogP contribution in [0.5, 0.6) is 0 Å². The van der Waals surface area contributed by atoms with Gasteiger partial charge in [-0.25, -0.2) is 0 Å². The van der Waals surface area contributed by atoms with E-state index < -0.39 is 29.5 Å². The van der Waals surface area contributed by atoms with Gasteiger partial charge in [-0.3, -0.25) is 9.59 Å². The van der Waals surface area contributed by atoms with Gasteiger partial charge in [0, 0.05) is 11.8 Å². The predicted molar refractivity (Wildman–Crippen MR) is 103 cm³/mol. The smallest absolute Gasteiger partial charge is 1.00 e. The van der Waals surface area contributed by atoms with Crippen molar-refractivity contribution in [2.45, 2.75) is 70.5 Å². The van der Waals surface area contributed by atoms with Crippen molar-refractivity contribution in [1.82, 2.24) is 0 Å². The van der Waals surface area contributed by atoms with E-state index >= 15 is 0 Å². The number of aliphatic hydroxyl groups is 3. The van der Waals surface area contributed by atoms with Crippen molar-refractivity contribution in [3.05, 3.63) is 11.6 Å². The Bertz CT molecular complexity index is 701. The molecule has 0 aromatic carbocycles. The van der Waals surface area contributed by atoms with Gasteiger partial charge < -0.3 is 18.2 Å². The van der Waals surface area contributed by atoms with E-state index in [9.17, 15) is 24.9 Å². The van der Waals surface area contributed by atoms with Crippen LogP contribution < -0.4 is 0 Å². The van der Waals surface area contributed by atoms with E-state index in [2.05, 4.69) is 6.92 Å². The van der Waals surface area contributed by atoms with Crippen molar-refractivity contribution in [1.29, 1.82) is 0 Å². The van der Waals surface area contributed by atoms with Crippen LogP contribution in [0.15, 0.2) is 11.6 Å². The van der Waals surface area contributed by atoms with Crippen molar-refractivity contribution in [3.63, 3.8) is 0 Å². The maximum Gasteiger partial charge on any atom is 2.00 e. The molecule has 0 aliphatic heterocycles. The zero-order valence-corrected chi connectivity index (χ0v) is 17.8. The quantitative estimate of drug-likeness (QED) is 0.625. The van der Waals surface area contributed by atoms with Crippen molar-refractivity contribution in [2.24, 2.45) is 28.6 Å². The molecule has 0 bridgehead atoms. The van der Waals surface area contributed by atoms with Crippen LogP contribution in [0.25, 0.3) is 0 Å². The number of carbonyl (C=O) groups is 2. The fourth-order valence-corrected chi connectivity index (χ4v) is 7.28. The van der Waals surface area contributed by atoms with Crippen molar-refractivity contribution < 1.29 is 27.8 Å². The van der Waals surface area contributed by atoms with Crippen molar-refractivity contribution in [3.8, 4) is 0 Å². The molecule has 0 aromatic heterocycles. The van der Waals surface area contributed by atoms with Gasteiger partial charge in [0.25, 0.3) is 0 Å². The number of hydrogen-bond donors (Lipinski definition) is 3. The molecule has 4 aliphatic carbocycles. The predicted octanol–water partition coefficient (Wildman–Crippen LogP) is 1.63. The Morgan fingerprint density at radius 3 is 2.63 bits per heavy atom. The van der Waals surface area contributed by atoms with Crippen LogP contribution in [-0.2, 0) is 9.59 Å². The Morgan fingerprint density at radius 2 is 1.96 bits per heavy atom. The van der Waals surface area contributed by atoms with Crippen LogP contribution in [0.3, 0.4) is 0 Å². The van der Waals surface area contributed by atoms with Crippen LogP contribution in [0.4, 0.5) is 0 Å². The normalized spacial score (nSPS) is 48.6. The number of fused-ring (bicyclic) bond motifs is 5. The van der Waals surface area contributed by atoms with Gasteiger partial charge in [0.15, 0.2) is 11.6 Å². The molecule has 0 spiro atoms. The second kappa shape index (κ2) is 6.91. The molecule has 4 aliphatic rings. The third-order valence-corrected chi connectivity index (χ3v) is 8.65. The van der Waals surface area contributed by atoms with Crippen LogP contribution in [0.1, 0.15) is 61.6 Å². The Kier molecular flexibility index (Phi) is 5.48. The second-order valence-corrected chi connectivity index (χ2v) is 9.56. The maximum atomic E-state index is 12.4. The molecule has 7 atom stereocenters. The van der Waals surface area contributed by atoms with Gasteiger partial charge in [-0.05, 0) is 67.8 Å². The number of ketones is 2. The Labute approximate surface area is 179 Å². The minimum absolute atomic E-state index is 0. The average molecular weight is 389 g/mol. The SMILES string of the molecule is C[C@]12CCC(=O)C=C1CC[C@@H]1[C@@H]2[C@@H](O)C[C@@]2(C)[C@H]1CC[C@]2(O)C(=O)CO.[H-].[H-].[Mg+2]. The molecule has 3 fully saturated rings. The summed E-state index contributed by atoms with van der Waals surface area (Å²) < 4.78 is 0. The molecule has 4 rings (SSSR count). The first kappa shape index (κ1) is 21.4. The third kappa shape index (κ3) is 2.74. The summed E-state index contributed by atoms with van der Waals surface area (Å²) in [6.07, 6.45) is 5.74. The Morgan fingerprint density at radius 1 is 1.26 bits per heavy atom. The van der Waals surface area contributed by atoms with E-state index in [1.54, 1.807) is 6.08 Å². The molecule has 0 aromatic rings. The number of aliphatic hydroxyl groups excluding tert-OH is 2. The van der Waals surface area contributed by atoms with E-state index in [0.717, 1.165) is 25.7 Å². The van der Waals surface area contributed by atoms with E-state index in [0.29, 0.717) is 19.3 Å². The standard InChI is InChI=1S/C21H30O5.Mg.2H/c1-19-7-5-13(23)9-12(19)3-4-14-15-6-8-21(26,17(25)11-22)20(15,2)10-16(24)18(14)19;;;/h9,14-16,18,22,24,26H,3-8,10-11H2,1-2H3;;;/q;+2;2*-1/t14-,15-,16-,18+,19-,20-,21-;;;/m0.../s1. The van der Waals surface area contributed by atoms with Crippen LogP contribution in [-0.4, -0.2) is 68.3 Å². The molecule has 3 saturated carbocycles. The molecule has 148 valence electrons. The van der Waals surface area contributed by atoms with Gasteiger partial charge in [0.2, 0.25) is 0 Å². The first-order valence-electron chi connectivity index (χ1n) is 9.96. The summed E-state index contributed by atoms with van der Waals surface area (Å²) in [5.41, 5.74) is -1.23. The minimum Gasteiger partial charge on any atom is -1.00 e. The fourth-order valence-electron chi connectivity index (χ4n) is 7.28. The summed E-state index contributed by atoms with van der Waals surface area (Å²) >= 11 is 0. The molecule has 3 N–H and O–H groups in total. The van der Waals surface area contributed by atoms with Gasteiger partial charge >= 0.3 is 23.1 Å². The van der Waals surface area contributed by atoms with E-state index in [1.807, 2.05) is 6.92 Å². The minimum atomic E-state index is -1.54. The summed E-state index contributed by atoms with van der Waals surface area (Å²) in [5, 5.41) is 31.7. The van der Waals surface area contributed by atoms with E-state index in [-0.39, 0.29) is 54.9 Å². The van der Waals surface area contributed by atoms with Crippen molar-refractivity contribution in [2.75, 3.05) is 6.61 Å². The average Bonchev–Trinajstić information content (AvgIpc) is 2.86. The molecule has 0 amide bonds. The van der Waals surface area contributed by atoms with Gasteiger partial charge in [0.05, 0.1) is 6.10 Å². The zero-order valence-electron chi connectivity index (χ0n) is 18.4. The van der Waals surface area contributed by atoms with Gasteiger partial charge in [-0.2, -0.15) is 0 Å². The first-order valence-corrected chi connectivity index (χ1v) is 9.96. The number of rotatable bonds is 2. The summed E-state index contributed by atoms with van der Waals surface area (Å²) in [5.74, 6) is 0.140. The molecular formula is C21H32MgO5. The molecule has 5 nitrogen and oxygen atoms in total. The zero-order chi connectivity index (χ0) is 18.9. The topological polar surface area (TPSA) is 94.8 Å². The number of Topliss-reactive ketones (excluding diaryl/α,β-unsaturated/α-hetero) is 1. The molecule has 0 radical (unpaired) electrons. The largest absolute Gasteiger partial charge is 2.00 e. The number of allylic oxidation sites excluding steroid dienone is 1. The second-order valence-electron chi connectivity index (χ2n) is 9.56. The van der Waals surface area contributed by atoms with E-state index in [1.165, 1.54) is 5.57 Å². The monoisotopic (exact) mass is 388 g/mol. The molecule has 27 heavy (non-hydrogen) atoms. The molecular weight excluding hydrogens is 357 g/mol. The number of hydrogen-bond acceptors (Lipinski definition) is 5. The van der Waals surface area contributed by atoms with Gasteiger partial charge in [0.1, 0.15) is 12.2 Å². The van der Waals surface area contributed by atoms with Gasteiger partial charge in [-0.15, -0.1) is 0 Å². The first-order chi connectivity index (χ1) is 12.2. The van der Waals surface area contributed by atoms with E-state index in [4.69, 9.17) is 0 Å². The van der Waals surface area contributed by atoms with Crippen LogP contribution in [0.2, 0.25) is 0 Å². The molecule has 0 heterocycles. The maximum absolute atomic E-state index is 12.4.